The number of aromatic nitrogens is 3. The number of fused-ring (bicyclic) bond motifs is 1. The molecular weight excluding hydrogens is 208 g/mol. The molecule has 0 aliphatic rings. The summed E-state index contributed by atoms with van der Waals surface area (Å²) in [7, 11) is 0. The second-order valence-corrected chi connectivity index (χ2v) is 3.94. The van der Waals surface area contributed by atoms with Crippen LogP contribution in [0.15, 0.2) is 24.7 Å². The quantitative estimate of drug-likeness (QED) is 0.672. The van der Waals surface area contributed by atoms with E-state index in [1.165, 1.54) is 0 Å². The molecule has 16 heavy (non-hydrogen) atoms. The molecule has 0 aliphatic carbocycles. The highest BCUT2D eigenvalue weighted by atomic mass is 16.3. The van der Waals surface area contributed by atoms with Gasteiger partial charge in [-0.1, -0.05) is 0 Å². The van der Waals surface area contributed by atoms with Gasteiger partial charge in [0.1, 0.15) is 5.52 Å². The van der Waals surface area contributed by atoms with Crippen LogP contribution in [0.5, 0.6) is 0 Å². The summed E-state index contributed by atoms with van der Waals surface area (Å²) in [6.07, 6.45) is 5.00. The van der Waals surface area contributed by atoms with E-state index in [9.17, 15) is 10.2 Å². The Labute approximate surface area is 92.6 Å². The normalized spacial score (nSPS) is 11.9. The first kappa shape index (κ1) is 10.8. The van der Waals surface area contributed by atoms with Gasteiger partial charge in [-0.15, -0.1) is 0 Å². The Morgan fingerprint density at radius 3 is 2.81 bits per heavy atom. The maximum atomic E-state index is 9.20. The van der Waals surface area contributed by atoms with E-state index in [-0.39, 0.29) is 13.2 Å². The fraction of sp³-hybridized carbons (Fsp3) is 0.400. The molecule has 0 saturated carbocycles. The largest absolute Gasteiger partial charge is 0.394 e. The molecule has 2 heterocycles. The van der Waals surface area contributed by atoms with E-state index in [1.54, 1.807) is 30.0 Å². The molecule has 0 atom stereocenters. The molecule has 2 rings (SSSR count). The van der Waals surface area contributed by atoms with E-state index in [0.717, 1.165) is 5.52 Å². The SMILES string of the molecule is CC(CO)(CO)Nc1nccn2nccc12. The molecule has 0 spiro atoms. The van der Waals surface area contributed by atoms with Crippen molar-refractivity contribution in [3.8, 4) is 0 Å². The lowest BCUT2D eigenvalue weighted by Crippen LogP contribution is -2.42. The number of anilines is 1. The van der Waals surface area contributed by atoms with E-state index in [4.69, 9.17) is 0 Å². The molecule has 6 heteroatoms. The maximum Gasteiger partial charge on any atom is 0.152 e. The lowest BCUT2D eigenvalue weighted by atomic mass is 10.1. The van der Waals surface area contributed by atoms with Crippen LogP contribution in [0.1, 0.15) is 6.92 Å². The van der Waals surface area contributed by atoms with Gasteiger partial charge in [-0.3, -0.25) is 0 Å². The Hall–Kier alpha value is -1.66. The Bertz CT molecular complexity index is 478. The van der Waals surface area contributed by atoms with E-state index < -0.39 is 5.54 Å². The molecule has 86 valence electrons. The number of nitrogens with one attached hydrogen (secondary N) is 1. The van der Waals surface area contributed by atoms with Crippen LogP contribution in [0, 0.1) is 0 Å². The zero-order valence-electron chi connectivity index (χ0n) is 8.96. The van der Waals surface area contributed by atoms with Crippen LogP contribution in [0.25, 0.3) is 5.52 Å². The standard InChI is InChI=1S/C10H14N4O2/c1-10(6-15,7-16)13-9-8-2-3-12-14(8)5-4-11-9/h2-5,15-16H,6-7H2,1H3,(H,11,13). The van der Waals surface area contributed by atoms with Crippen LogP contribution in [-0.4, -0.2) is 43.6 Å². The van der Waals surface area contributed by atoms with E-state index in [0.29, 0.717) is 5.82 Å². The summed E-state index contributed by atoms with van der Waals surface area (Å²) in [5.41, 5.74) is 0.00896. The molecule has 3 N–H and O–H groups in total. The van der Waals surface area contributed by atoms with E-state index in [2.05, 4.69) is 15.4 Å². The molecule has 2 aromatic heterocycles. The molecule has 0 radical (unpaired) electrons. The number of hydrogen-bond acceptors (Lipinski definition) is 5. The van der Waals surface area contributed by atoms with Gasteiger partial charge in [0.15, 0.2) is 5.82 Å². The van der Waals surface area contributed by atoms with Gasteiger partial charge in [0.2, 0.25) is 0 Å². The fourth-order valence-corrected chi connectivity index (χ4v) is 1.37. The number of aliphatic hydroxyl groups excluding tert-OH is 2. The predicted molar refractivity (Wildman–Crippen MR) is 59.2 cm³/mol. The minimum Gasteiger partial charge on any atom is -0.394 e. The third-order valence-electron chi connectivity index (χ3n) is 2.44. The average Bonchev–Trinajstić information content (AvgIpc) is 2.78. The maximum absolute atomic E-state index is 9.20. The molecule has 6 nitrogen and oxygen atoms in total. The Kier molecular flexibility index (Phi) is 2.76. The summed E-state index contributed by atoms with van der Waals surface area (Å²) < 4.78 is 1.67. The van der Waals surface area contributed by atoms with Crippen molar-refractivity contribution < 1.29 is 10.2 Å². The zero-order valence-corrected chi connectivity index (χ0v) is 8.96. The van der Waals surface area contributed by atoms with Crippen molar-refractivity contribution in [2.75, 3.05) is 18.5 Å². The highest BCUT2D eigenvalue weighted by Crippen LogP contribution is 2.17. The third-order valence-corrected chi connectivity index (χ3v) is 2.44. The highest BCUT2D eigenvalue weighted by molar-refractivity contribution is 5.67. The van der Waals surface area contributed by atoms with Gasteiger partial charge in [-0.25, -0.2) is 9.50 Å². The van der Waals surface area contributed by atoms with Gasteiger partial charge in [-0.05, 0) is 13.0 Å². The molecular formula is C10H14N4O2. The molecule has 0 unspecified atom stereocenters. The van der Waals surface area contributed by atoms with Crippen molar-refractivity contribution in [1.29, 1.82) is 0 Å². The lowest BCUT2D eigenvalue weighted by molar-refractivity contribution is 0.147. The minimum absolute atomic E-state index is 0.180. The Balaban J connectivity index is 2.37. The van der Waals surface area contributed by atoms with Gasteiger partial charge in [0, 0.05) is 12.4 Å². The van der Waals surface area contributed by atoms with Crippen LogP contribution in [0.2, 0.25) is 0 Å². The number of hydrogen-bond donors (Lipinski definition) is 3. The first-order valence-corrected chi connectivity index (χ1v) is 4.97. The second kappa shape index (κ2) is 4.07. The third kappa shape index (κ3) is 1.84. The second-order valence-electron chi connectivity index (χ2n) is 3.94. The van der Waals surface area contributed by atoms with Crippen LogP contribution in [0.4, 0.5) is 5.82 Å². The van der Waals surface area contributed by atoms with Gasteiger partial charge in [0.25, 0.3) is 0 Å². The summed E-state index contributed by atoms with van der Waals surface area (Å²) in [6, 6.07) is 1.81. The lowest BCUT2D eigenvalue weighted by Gasteiger charge is -2.26. The molecule has 0 aliphatic heterocycles. The Morgan fingerprint density at radius 2 is 2.12 bits per heavy atom. The van der Waals surface area contributed by atoms with Crippen molar-refractivity contribution in [2.45, 2.75) is 12.5 Å². The Morgan fingerprint density at radius 1 is 1.38 bits per heavy atom. The topological polar surface area (TPSA) is 82.7 Å². The minimum atomic E-state index is -0.793. The van der Waals surface area contributed by atoms with Crippen LogP contribution < -0.4 is 5.32 Å². The summed E-state index contributed by atoms with van der Waals surface area (Å²) in [4.78, 5) is 4.17. The monoisotopic (exact) mass is 222 g/mol. The molecule has 0 fully saturated rings. The average molecular weight is 222 g/mol. The molecule has 2 aromatic rings. The summed E-state index contributed by atoms with van der Waals surface area (Å²) in [5, 5.41) is 25.5. The van der Waals surface area contributed by atoms with Crippen molar-refractivity contribution in [2.24, 2.45) is 0 Å². The van der Waals surface area contributed by atoms with Crippen molar-refractivity contribution >= 4 is 11.3 Å². The molecule has 0 saturated heterocycles. The number of rotatable bonds is 4. The van der Waals surface area contributed by atoms with Crippen molar-refractivity contribution in [3.63, 3.8) is 0 Å². The van der Waals surface area contributed by atoms with Gasteiger partial charge >= 0.3 is 0 Å². The number of nitrogens with zero attached hydrogens (tertiary/aromatic N) is 3. The van der Waals surface area contributed by atoms with Crippen LogP contribution in [0.3, 0.4) is 0 Å². The smallest absolute Gasteiger partial charge is 0.152 e. The van der Waals surface area contributed by atoms with E-state index in [1.807, 2.05) is 6.07 Å². The zero-order chi connectivity index (χ0) is 11.6. The summed E-state index contributed by atoms with van der Waals surface area (Å²) >= 11 is 0. The first-order chi connectivity index (χ1) is 7.68. The van der Waals surface area contributed by atoms with Crippen molar-refractivity contribution in [3.05, 3.63) is 24.7 Å². The van der Waals surface area contributed by atoms with E-state index >= 15 is 0 Å². The number of aliphatic hydroxyl groups is 2. The molecule has 0 aromatic carbocycles. The van der Waals surface area contributed by atoms with Crippen molar-refractivity contribution in [1.82, 2.24) is 14.6 Å². The van der Waals surface area contributed by atoms with Gasteiger partial charge in [0.05, 0.1) is 24.9 Å². The summed E-state index contributed by atoms with van der Waals surface area (Å²) in [5.74, 6) is 0.589. The molecule has 0 amide bonds. The first-order valence-electron chi connectivity index (χ1n) is 4.97. The fourth-order valence-electron chi connectivity index (χ4n) is 1.37. The highest BCUT2D eigenvalue weighted by Gasteiger charge is 2.23. The predicted octanol–water partition coefficient (Wildman–Crippen LogP) is -0.116. The summed E-state index contributed by atoms with van der Waals surface area (Å²) in [6.45, 7) is 1.36. The van der Waals surface area contributed by atoms with Crippen LogP contribution >= 0.6 is 0 Å². The van der Waals surface area contributed by atoms with Crippen LogP contribution in [-0.2, 0) is 0 Å². The van der Waals surface area contributed by atoms with Gasteiger partial charge in [-0.2, -0.15) is 5.10 Å². The van der Waals surface area contributed by atoms with Gasteiger partial charge < -0.3 is 15.5 Å². The molecule has 0 bridgehead atoms.